The molecule has 0 aliphatic carbocycles. The van der Waals surface area contributed by atoms with Gasteiger partial charge in [-0.2, -0.15) is 0 Å². The number of carboxylic acids is 1. The van der Waals surface area contributed by atoms with Crippen LogP contribution in [0.25, 0.3) is 0 Å². The van der Waals surface area contributed by atoms with E-state index < -0.39 is 16.6 Å². The van der Waals surface area contributed by atoms with Crippen LogP contribution in [0.2, 0.25) is 10.0 Å². The van der Waals surface area contributed by atoms with Crippen LogP contribution in [0.1, 0.15) is 11.8 Å². The maximum absolute atomic E-state index is 10.6. The molecule has 15 heavy (non-hydrogen) atoms. The van der Waals surface area contributed by atoms with Crippen LogP contribution in [0, 0.1) is 10.1 Å². The predicted molar refractivity (Wildman–Crippen MR) is 51.2 cm³/mol. The van der Waals surface area contributed by atoms with Crippen molar-refractivity contribution >= 4 is 34.9 Å². The second-order valence-corrected chi connectivity index (χ2v) is 3.16. The zero-order chi connectivity index (χ0) is 10.9. The standard InChI is InChI=1S/C7H3Cl2NO4.Na.H/c8-4-2-5(9)6(10(13)14)1-3(4)7(11)12;;/h1-2H,(H,11,12);;/q;+1;-1. The van der Waals surface area contributed by atoms with Crippen molar-refractivity contribution in [3.05, 3.63) is 37.9 Å². The van der Waals surface area contributed by atoms with Gasteiger partial charge < -0.3 is 6.53 Å². The minimum Gasteiger partial charge on any atom is -1.00 e. The third kappa shape index (κ3) is 3.32. The molecule has 0 unspecified atom stereocenters. The molecule has 0 radical (unpaired) electrons. The maximum atomic E-state index is 10.6. The maximum Gasteiger partial charge on any atom is 1.00 e. The van der Waals surface area contributed by atoms with Crippen LogP contribution in [0.5, 0.6) is 0 Å². The number of nitrogens with zero attached hydrogens (tertiary/aromatic N) is 1. The van der Waals surface area contributed by atoms with Crippen LogP contribution < -0.4 is 29.6 Å². The van der Waals surface area contributed by atoms with Gasteiger partial charge in [-0.25, -0.2) is 4.79 Å². The van der Waals surface area contributed by atoms with Gasteiger partial charge in [-0.15, -0.1) is 0 Å². The van der Waals surface area contributed by atoms with Crippen molar-refractivity contribution in [1.29, 1.82) is 0 Å². The molecule has 0 heterocycles. The number of rotatable bonds is 2. The minimum absolute atomic E-state index is 0. The Morgan fingerprint density at radius 3 is 2.33 bits per heavy atom. The molecule has 76 valence electrons. The molecule has 5 nitrogen and oxygen atoms in total. The summed E-state index contributed by atoms with van der Waals surface area (Å²) in [6, 6.07) is 1.86. The SMILES string of the molecule is O=C(O)c1cc([N+](=O)[O-])c(Cl)cc1Cl.[H-].[Na+]. The molecule has 0 aliphatic rings. The fourth-order valence-electron chi connectivity index (χ4n) is 0.841. The average Bonchev–Trinajstić information content (AvgIpc) is 2.02. The summed E-state index contributed by atoms with van der Waals surface area (Å²) in [6.45, 7) is 0. The summed E-state index contributed by atoms with van der Waals surface area (Å²) in [7, 11) is 0. The Hall–Kier alpha value is -0.330. The fraction of sp³-hybridized carbons (Fsp3) is 0. The number of benzene rings is 1. The van der Waals surface area contributed by atoms with E-state index >= 15 is 0 Å². The van der Waals surface area contributed by atoms with Crippen molar-refractivity contribution in [2.75, 3.05) is 0 Å². The van der Waals surface area contributed by atoms with E-state index in [0.29, 0.717) is 0 Å². The Labute approximate surface area is 118 Å². The van der Waals surface area contributed by atoms with Gasteiger partial charge in [0.1, 0.15) is 5.02 Å². The van der Waals surface area contributed by atoms with Crippen molar-refractivity contribution in [3.63, 3.8) is 0 Å². The molecule has 0 bridgehead atoms. The molecule has 0 saturated carbocycles. The largest absolute Gasteiger partial charge is 1.00 e. The Morgan fingerprint density at radius 1 is 1.40 bits per heavy atom. The van der Waals surface area contributed by atoms with E-state index in [1.807, 2.05) is 0 Å². The third-order valence-corrected chi connectivity index (χ3v) is 2.08. The second kappa shape index (κ2) is 5.67. The fourth-order valence-corrected chi connectivity index (χ4v) is 1.37. The monoisotopic (exact) mass is 259 g/mol. The third-order valence-electron chi connectivity index (χ3n) is 1.46. The van der Waals surface area contributed by atoms with Crippen molar-refractivity contribution in [2.24, 2.45) is 0 Å². The number of hydrogen-bond donors (Lipinski definition) is 1. The van der Waals surface area contributed by atoms with E-state index in [1.54, 1.807) is 0 Å². The van der Waals surface area contributed by atoms with Gasteiger partial charge in [0, 0.05) is 6.07 Å². The molecular formula is C7H4Cl2NNaO4. The van der Waals surface area contributed by atoms with Gasteiger partial charge in [0.2, 0.25) is 0 Å². The molecule has 0 saturated heterocycles. The van der Waals surface area contributed by atoms with E-state index in [9.17, 15) is 14.9 Å². The van der Waals surface area contributed by atoms with Crippen molar-refractivity contribution in [2.45, 2.75) is 0 Å². The molecule has 1 rings (SSSR count). The summed E-state index contributed by atoms with van der Waals surface area (Å²) < 4.78 is 0. The molecule has 8 heteroatoms. The van der Waals surface area contributed by atoms with E-state index in [0.717, 1.165) is 12.1 Å². The quantitative estimate of drug-likeness (QED) is 0.450. The molecule has 1 aromatic carbocycles. The minimum atomic E-state index is -1.34. The van der Waals surface area contributed by atoms with E-state index in [4.69, 9.17) is 28.3 Å². The number of halogens is 2. The summed E-state index contributed by atoms with van der Waals surface area (Å²) in [5.41, 5.74) is -0.823. The Morgan fingerprint density at radius 2 is 1.93 bits per heavy atom. The normalized spacial score (nSPS) is 9.20. The topological polar surface area (TPSA) is 80.4 Å². The molecule has 0 aliphatic heterocycles. The summed E-state index contributed by atoms with van der Waals surface area (Å²) in [5.74, 6) is -1.34. The van der Waals surface area contributed by atoms with Crippen molar-refractivity contribution in [3.8, 4) is 0 Å². The van der Waals surface area contributed by atoms with E-state index in [-0.39, 0.29) is 46.6 Å². The number of carboxylic acid groups (broad SMARTS) is 1. The van der Waals surface area contributed by atoms with E-state index in [1.165, 1.54) is 0 Å². The number of aromatic carboxylic acids is 1. The number of hydrogen-bond acceptors (Lipinski definition) is 3. The average molecular weight is 260 g/mol. The molecular weight excluding hydrogens is 256 g/mol. The van der Waals surface area contributed by atoms with Gasteiger partial charge in [-0.1, -0.05) is 23.2 Å². The van der Waals surface area contributed by atoms with Gasteiger partial charge in [-0.05, 0) is 6.07 Å². The second-order valence-electron chi connectivity index (χ2n) is 2.35. The Kier molecular flexibility index (Phi) is 5.55. The number of carbonyl (C=O) groups is 1. The first-order valence-electron chi connectivity index (χ1n) is 3.30. The van der Waals surface area contributed by atoms with Crippen molar-refractivity contribution in [1.82, 2.24) is 0 Å². The molecule has 0 spiro atoms. The summed E-state index contributed by atoms with van der Waals surface area (Å²) in [6.07, 6.45) is 0. The Bertz CT molecular complexity index is 394. The zero-order valence-electron chi connectivity index (χ0n) is 8.53. The van der Waals surface area contributed by atoms with Crippen LogP contribution in [0.3, 0.4) is 0 Å². The summed E-state index contributed by atoms with van der Waals surface area (Å²) >= 11 is 11.0. The van der Waals surface area contributed by atoms with Crippen LogP contribution in [0.4, 0.5) is 5.69 Å². The molecule has 1 aromatic rings. The van der Waals surface area contributed by atoms with Gasteiger partial charge >= 0.3 is 35.5 Å². The van der Waals surface area contributed by atoms with Crippen LogP contribution in [-0.4, -0.2) is 16.0 Å². The number of nitro benzene ring substituents is 1. The van der Waals surface area contributed by atoms with Crippen LogP contribution in [0.15, 0.2) is 12.1 Å². The smallest absolute Gasteiger partial charge is 1.00 e. The van der Waals surface area contributed by atoms with Gasteiger partial charge in [0.15, 0.2) is 0 Å². The van der Waals surface area contributed by atoms with Gasteiger partial charge in [-0.3, -0.25) is 10.1 Å². The van der Waals surface area contributed by atoms with Crippen LogP contribution in [-0.2, 0) is 0 Å². The Balaban J connectivity index is 0. The molecule has 1 N–H and O–H groups in total. The summed E-state index contributed by atoms with van der Waals surface area (Å²) in [5, 5.41) is 18.7. The molecule has 0 fully saturated rings. The zero-order valence-corrected chi connectivity index (χ0v) is 11.0. The van der Waals surface area contributed by atoms with Gasteiger partial charge in [0.25, 0.3) is 5.69 Å². The molecule has 0 amide bonds. The van der Waals surface area contributed by atoms with Crippen LogP contribution >= 0.6 is 23.2 Å². The predicted octanol–water partition coefficient (Wildman–Crippen LogP) is -0.284. The first-order valence-corrected chi connectivity index (χ1v) is 4.06. The van der Waals surface area contributed by atoms with Gasteiger partial charge in [0.05, 0.1) is 15.5 Å². The van der Waals surface area contributed by atoms with E-state index in [2.05, 4.69) is 0 Å². The molecule has 0 aromatic heterocycles. The summed E-state index contributed by atoms with van der Waals surface area (Å²) in [4.78, 5) is 20.2. The number of nitro groups is 1. The first kappa shape index (κ1) is 14.7. The first-order chi connectivity index (χ1) is 6.43. The molecule has 0 atom stereocenters. The van der Waals surface area contributed by atoms with Crippen molar-refractivity contribution < 1.29 is 45.8 Å².